The summed E-state index contributed by atoms with van der Waals surface area (Å²) in [6.45, 7) is 2.15. The fourth-order valence-corrected chi connectivity index (χ4v) is 2.11. The monoisotopic (exact) mass is 332 g/mol. The molecule has 0 bridgehead atoms. The molecular formula is C14H11Cl3Ti. The number of halogens is 3. The molecule has 0 N–H and O–H groups in total. The van der Waals surface area contributed by atoms with Crippen molar-refractivity contribution in [1.29, 1.82) is 0 Å². The van der Waals surface area contributed by atoms with E-state index in [4.69, 9.17) is 27.9 Å². The normalized spacial score (nSPS) is 16.0. The van der Waals surface area contributed by atoms with Crippen LogP contribution in [0.4, 0.5) is 0 Å². The average Bonchev–Trinajstić information content (AvgIpc) is 2.69. The van der Waals surface area contributed by atoms with E-state index in [-0.39, 0.29) is 0 Å². The summed E-state index contributed by atoms with van der Waals surface area (Å²) in [5.41, 5.74) is 5.38. The second-order valence-corrected chi connectivity index (χ2v) is 11.8. The Labute approximate surface area is 125 Å². The molecule has 1 aromatic carbocycles. The molecule has 92 valence electrons. The van der Waals surface area contributed by atoms with E-state index in [1.165, 1.54) is 28.2 Å². The molecule has 0 atom stereocenters. The first-order chi connectivity index (χ1) is 8.58. The molecule has 0 unspecified atom stereocenters. The Morgan fingerprint density at radius 2 is 1.61 bits per heavy atom. The Bertz CT molecular complexity index is 527. The van der Waals surface area contributed by atoms with E-state index in [9.17, 15) is 0 Å². The molecular weight excluding hydrogens is 322 g/mol. The van der Waals surface area contributed by atoms with Gasteiger partial charge in [-0.1, -0.05) is 54.1 Å². The molecule has 0 heterocycles. The molecule has 0 spiro atoms. The summed E-state index contributed by atoms with van der Waals surface area (Å²) in [4.78, 5) is 0. The maximum absolute atomic E-state index is 4.97. The van der Waals surface area contributed by atoms with Crippen LogP contribution in [0, 0.1) is 5.92 Å². The van der Waals surface area contributed by atoms with E-state index in [0.717, 1.165) is 0 Å². The van der Waals surface area contributed by atoms with Crippen LogP contribution in [-0.4, -0.2) is 0 Å². The van der Waals surface area contributed by atoms with Crippen molar-refractivity contribution in [3.8, 4) is 0 Å². The molecule has 0 nitrogen and oxygen atoms in total. The number of hydrogen-bond acceptors (Lipinski definition) is 0. The number of rotatable bonds is 0. The molecule has 0 amide bonds. The Balaban J connectivity index is 0.000000267. The molecule has 2 aliphatic carbocycles. The summed E-state index contributed by atoms with van der Waals surface area (Å²) >= 11 is -1.92. The van der Waals surface area contributed by atoms with Gasteiger partial charge in [0.25, 0.3) is 0 Å². The molecule has 0 aliphatic heterocycles. The summed E-state index contributed by atoms with van der Waals surface area (Å²) in [6.07, 6.45) is 8.89. The molecule has 1 radical (unpaired) electrons. The van der Waals surface area contributed by atoms with E-state index >= 15 is 0 Å². The van der Waals surface area contributed by atoms with Crippen LogP contribution in [0.15, 0.2) is 53.6 Å². The van der Waals surface area contributed by atoms with Crippen molar-refractivity contribution in [1.82, 2.24) is 0 Å². The standard InChI is InChI=1S/C14H11.3ClH.Ti/c1-10-8-12-7-6-11-4-2-3-5-13(11)14(12)9-10;;;;/h2-9H,1H3;3*1H;/q;;;;+3/p-3. The third kappa shape index (κ3) is 3.53. The first-order valence-corrected chi connectivity index (χ1v) is 11.9. The second kappa shape index (κ2) is 6.45. The zero-order chi connectivity index (χ0) is 13.1. The van der Waals surface area contributed by atoms with Crippen LogP contribution in [0.25, 0.3) is 6.08 Å². The maximum atomic E-state index is 4.97. The number of allylic oxidation sites excluding steroid dienone is 5. The third-order valence-corrected chi connectivity index (χ3v) is 2.76. The van der Waals surface area contributed by atoms with Gasteiger partial charge >= 0.3 is 42.6 Å². The first-order valence-electron chi connectivity index (χ1n) is 5.46. The predicted molar refractivity (Wildman–Crippen MR) is 77.2 cm³/mol. The predicted octanol–water partition coefficient (Wildman–Crippen LogP) is 5.59. The molecule has 0 saturated heterocycles. The van der Waals surface area contributed by atoms with Crippen LogP contribution in [0.5, 0.6) is 0 Å². The quantitative estimate of drug-likeness (QED) is 0.543. The molecule has 2 aliphatic rings. The minimum absolute atomic E-state index is 1.32. The zero-order valence-electron chi connectivity index (χ0n) is 9.75. The van der Waals surface area contributed by atoms with E-state index in [1.807, 2.05) is 0 Å². The van der Waals surface area contributed by atoms with Crippen LogP contribution in [0.2, 0.25) is 0 Å². The van der Waals surface area contributed by atoms with E-state index in [2.05, 4.69) is 55.5 Å². The summed E-state index contributed by atoms with van der Waals surface area (Å²) in [7, 11) is 14.9. The third-order valence-electron chi connectivity index (χ3n) is 2.76. The van der Waals surface area contributed by atoms with Crippen molar-refractivity contribution in [2.45, 2.75) is 6.92 Å². The minimum atomic E-state index is -1.92. The van der Waals surface area contributed by atoms with Crippen LogP contribution in [-0.2, 0) is 14.7 Å². The van der Waals surface area contributed by atoms with Crippen LogP contribution in [0.3, 0.4) is 0 Å². The van der Waals surface area contributed by atoms with E-state index < -0.39 is 14.7 Å². The number of benzene rings is 1. The Hall–Kier alpha value is 0.0243. The van der Waals surface area contributed by atoms with Gasteiger partial charge < -0.3 is 0 Å². The molecule has 0 aromatic heterocycles. The van der Waals surface area contributed by atoms with Gasteiger partial charge in [0.05, 0.1) is 5.92 Å². The zero-order valence-corrected chi connectivity index (χ0v) is 13.6. The van der Waals surface area contributed by atoms with Gasteiger partial charge in [0.2, 0.25) is 0 Å². The molecule has 18 heavy (non-hydrogen) atoms. The van der Waals surface area contributed by atoms with Crippen LogP contribution >= 0.6 is 27.9 Å². The van der Waals surface area contributed by atoms with Crippen molar-refractivity contribution >= 4 is 34.0 Å². The van der Waals surface area contributed by atoms with E-state index in [0.29, 0.717) is 0 Å². The van der Waals surface area contributed by atoms with Gasteiger partial charge in [-0.3, -0.25) is 0 Å². The Morgan fingerprint density at radius 1 is 0.944 bits per heavy atom. The van der Waals surface area contributed by atoms with Gasteiger partial charge in [-0.25, -0.2) is 0 Å². The van der Waals surface area contributed by atoms with Gasteiger partial charge in [-0.2, -0.15) is 0 Å². The summed E-state index contributed by atoms with van der Waals surface area (Å²) in [6, 6.07) is 8.54. The number of hydrogen-bond donors (Lipinski definition) is 0. The van der Waals surface area contributed by atoms with Crippen molar-refractivity contribution in [2.24, 2.45) is 0 Å². The van der Waals surface area contributed by atoms with Gasteiger partial charge in [-0.05, 0) is 23.6 Å². The van der Waals surface area contributed by atoms with Gasteiger partial charge in [0.1, 0.15) is 0 Å². The molecule has 0 saturated carbocycles. The second-order valence-electron chi connectivity index (χ2n) is 4.04. The number of fused-ring (bicyclic) bond motifs is 3. The van der Waals surface area contributed by atoms with Crippen molar-refractivity contribution in [3.63, 3.8) is 0 Å². The fourth-order valence-electron chi connectivity index (χ4n) is 2.11. The first kappa shape index (κ1) is 14.4. The molecule has 0 fully saturated rings. The van der Waals surface area contributed by atoms with Gasteiger partial charge in [0.15, 0.2) is 0 Å². The Morgan fingerprint density at radius 3 is 2.33 bits per heavy atom. The molecule has 3 rings (SSSR count). The van der Waals surface area contributed by atoms with Crippen molar-refractivity contribution in [2.75, 3.05) is 0 Å². The summed E-state index contributed by atoms with van der Waals surface area (Å²) < 4.78 is 0. The molecule has 4 heteroatoms. The topological polar surface area (TPSA) is 0 Å². The molecule has 1 aromatic rings. The average molecular weight is 333 g/mol. The van der Waals surface area contributed by atoms with Gasteiger partial charge in [0, 0.05) is 0 Å². The van der Waals surface area contributed by atoms with Crippen LogP contribution < -0.4 is 0 Å². The SMILES string of the molecule is CC1=C[C]2C(=C1)C=Cc1ccccc12.[Cl][Ti]([Cl])[Cl]. The van der Waals surface area contributed by atoms with Crippen LogP contribution in [0.1, 0.15) is 18.1 Å². The fraction of sp³-hybridized carbons (Fsp3) is 0.0714. The summed E-state index contributed by atoms with van der Waals surface area (Å²) in [5.74, 6) is 1.38. The van der Waals surface area contributed by atoms with Crippen molar-refractivity contribution < 1.29 is 14.7 Å². The van der Waals surface area contributed by atoms with Gasteiger partial charge in [-0.15, -0.1) is 0 Å². The Kier molecular flexibility index (Phi) is 5.18. The van der Waals surface area contributed by atoms with Crippen molar-refractivity contribution in [3.05, 3.63) is 70.7 Å². The summed E-state index contributed by atoms with van der Waals surface area (Å²) in [5, 5.41) is 0. The van der Waals surface area contributed by atoms with E-state index in [1.54, 1.807) is 0 Å².